The van der Waals surface area contributed by atoms with Gasteiger partial charge in [-0.3, -0.25) is 15.6 Å². The van der Waals surface area contributed by atoms with E-state index in [1.165, 1.54) is 6.26 Å². The lowest BCUT2D eigenvalue weighted by molar-refractivity contribution is -0.155. The standard InChI is InChI=1S/C16H14F6N4O4S/c17-15(18,19)7-29-11-4-9(5-12(24-11)30-8-16(20,21)22)13(27)25-26-14(31)23-6-10-2-1-3-28-10/h1-5H,6-8H2,(H,25,27)(H2,23,26,31). The second-order valence-electron chi connectivity index (χ2n) is 5.68. The van der Waals surface area contributed by atoms with Crippen molar-refractivity contribution in [2.75, 3.05) is 13.2 Å². The minimum Gasteiger partial charge on any atom is -0.468 e. The molecule has 0 saturated heterocycles. The number of pyridine rings is 1. The molecule has 2 heterocycles. The maximum absolute atomic E-state index is 12.3. The SMILES string of the molecule is O=C(NNC(=S)NCc1ccco1)c1cc(OCC(F)(F)F)nc(OCC(F)(F)F)c1. The Bertz CT molecular complexity index is 853. The predicted octanol–water partition coefficient (Wildman–Crippen LogP) is 2.87. The number of nitrogens with zero attached hydrogens (tertiary/aromatic N) is 1. The van der Waals surface area contributed by atoms with Gasteiger partial charge in [-0.05, 0) is 24.4 Å². The zero-order valence-electron chi connectivity index (χ0n) is 15.3. The van der Waals surface area contributed by atoms with Crippen molar-refractivity contribution in [3.8, 4) is 11.8 Å². The molecule has 0 atom stereocenters. The van der Waals surface area contributed by atoms with Gasteiger partial charge in [0.05, 0.1) is 18.4 Å². The lowest BCUT2D eigenvalue weighted by atomic mass is 10.2. The highest BCUT2D eigenvalue weighted by atomic mass is 32.1. The number of aromatic nitrogens is 1. The molecular formula is C16H14F6N4O4S. The molecule has 0 radical (unpaired) electrons. The summed E-state index contributed by atoms with van der Waals surface area (Å²) in [5, 5.41) is 2.65. The molecule has 2 aromatic rings. The van der Waals surface area contributed by atoms with Crippen molar-refractivity contribution in [1.29, 1.82) is 0 Å². The average molecular weight is 472 g/mol. The Labute approximate surface area is 175 Å². The lowest BCUT2D eigenvalue weighted by Gasteiger charge is -2.14. The number of carbonyl (C=O) groups excluding carboxylic acids is 1. The molecule has 15 heteroatoms. The minimum atomic E-state index is -4.74. The number of halogens is 6. The van der Waals surface area contributed by atoms with E-state index in [0.717, 1.165) is 12.1 Å². The number of nitrogens with one attached hydrogen (secondary N) is 3. The zero-order valence-corrected chi connectivity index (χ0v) is 16.1. The predicted molar refractivity (Wildman–Crippen MR) is 96.1 cm³/mol. The summed E-state index contributed by atoms with van der Waals surface area (Å²) in [5.41, 5.74) is 4.04. The van der Waals surface area contributed by atoms with E-state index >= 15 is 0 Å². The normalized spacial score (nSPS) is 11.5. The Balaban J connectivity index is 2.02. The number of carbonyl (C=O) groups is 1. The zero-order chi connectivity index (χ0) is 23.1. The molecule has 170 valence electrons. The molecule has 1 amide bonds. The molecule has 0 aliphatic rings. The van der Waals surface area contributed by atoms with Gasteiger partial charge in [0, 0.05) is 12.1 Å². The summed E-state index contributed by atoms with van der Waals surface area (Å²) in [6, 6.07) is 4.90. The van der Waals surface area contributed by atoms with Gasteiger partial charge in [0.2, 0.25) is 11.8 Å². The molecule has 0 aliphatic carbocycles. The number of hydrogen-bond donors (Lipinski definition) is 3. The van der Waals surface area contributed by atoms with E-state index in [4.69, 9.17) is 16.6 Å². The van der Waals surface area contributed by atoms with E-state index in [0.29, 0.717) is 5.76 Å². The van der Waals surface area contributed by atoms with Crippen LogP contribution in [-0.4, -0.2) is 41.6 Å². The summed E-state index contributed by atoms with van der Waals surface area (Å²) in [5.74, 6) is -1.94. The number of hydrazine groups is 1. The summed E-state index contributed by atoms with van der Waals surface area (Å²) in [6.07, 6.45) is -8.03. The highest BCUT2D eigenvalue weighted by molar-refractivity contribution is 7.80. The molecule has 0 unspecified atom stereocenters. The van der Waals surface area contributed by atoms with Crippen LogP contribution in [0.15, 0.2) is 34.9 Å². The highest BCUT2D eigenvalue weighted by Crippen LogP contribution is 2.23. The number of ether oxygens (including phenoxy) is 2. The van der Waals surface area contributed by atoms with Crippen molar-refractivity contribution in [2.24, 2.45) is 0 Å². The van der Waals surface area contributed by atoms with Gasteiger partial charge in [-0.15, -0.1) is 0 Å². The first kappa shape index (κ1) is 24.0. The molecule has 2 aromatic heterocycles. The fourth-order valence-electron chi connectivity index (χ4n) is 1.88. The van der Waals surface area contributed by atoms with Gasteiger partial charge in [0.15, 0.2) is 18.3 Å². The molecule has 0 bridgehead atoms. The van der Waals surface area contributed by atoms with Crippen LogP contribution in [0.2, 0.25) is 0 Å². The third-order valence-electron chi connectivity index (χ3n) is 3.10. The number of furan rings is 1. The van der Waals surface area contributed by atoms with Gasteiger partial charge < -0.3 is 19.2 Å². The van der Waals surface area contributed by atoms with Crippen LogP contribution in [-0.2, 0) is 6.54 Å². The van der Waals surface area contributed by atoms with Gasteiger partial charge in [-0.25, -0.2) is 0 Å². The third kappa shape index (κ3) is 9.41. The number of alkyl halides is 6. The van der Waals surface area contributed by atoms with Crippen molar-refractivity contribution < 1.29 is 45.0 Å². The average Bonchev–Trinajstić information content (AvgIpc) is 3.20. The lowest BCUT2D eigenvalue weighted by Crippen LogP contribution is -2.46. The molecular weight excluding hydrogens is 458 g/mol. The fourth-order valence-corrected chi connectivity index (χ4v) is 2.01. The van der Waals surface area contributed by atoms with Crippen LogP contribution in [0.5, 0.6) is 11.8 Å². The Kier molecular flexibility index (Phi) is 7.90. The Hall–Kier alpha value is -3.23. The van der Waals surface area contributed by atoms with Gasteiger partial charge >= 0.3 is 12.4 Å². The van der Waals surface area contributed by atoms with E-state index < -0.39 is 48.8 Å². The first-order valence-electron chi connectivity index (χ1n) is 8.19. The second kappa shape index (κ2) is 10.2. The summed E-state index contributed by atoms with van der Waals surface area (Å²) in [4.78, 5) is 15.6. The first-order valence-corrected chi connectivity index (χ1v) is 8.60. The van der Waals surface area contributed by atoms with E-state index in [1.807, 2.05) is 0 Å². The summed E-state index contributed by atoms with van der Waals surface area (Å²) >= 11 is 4.92. The van der Waals surface area contributed by atoms with E-state index in [2.05, 4.69) is 30.6 Å². The van der Waals surface area contributed by atoms with Crippen LogP contribution in [0, 0.1) is 0 Å². The van der Waals surface area contributed by atoms with Crippen molar-refractivity contribution >= 4 is 23.2 Å². The fraction of sp³-hybridized carbons (Fsp3) is 0.312. The van der Waals surface area contributed by atoms with Crippen molar-refractivity contribution in [3.63, 3.8) is 0 Å². The van der Waals surface area contributed by atoms with Crippen molar-refractivity contribution in [1.82, 2.24) is 21.2 Å². The monoisotopic (exact) mass is 472 g/mol. The highest BCUT2D eigenvalue weighted by Gasteiger charge is 2.30. The molecule has 0 aliphatic heterocycles. The smallest absolute Gasteiger partial charge is 0.422 e. The molecule has 0 aromatic carbocycles. The Morgan fingerprint density at radius 3 is 2.10 bits per heavy atom. The van der Waals surface area contributed by atoms with Crippen LogP contribution >= 0.6 is 12.2 Å². The largest absolute Gasteiger partial charge is 0.468 e. The summed E-state index contributed by atoms with van der Waals surface area (Å²) < 4.78 is 87.9. The van der Waals surface area contributed by atoms with Crippen LogP contribution in [0.25, 0.3) is 0 Å². The van der Waals surface area contributed by atoms with Gasteiger partial charge in [-0.1, -0.05) is 0 Å². The maximum atomic E-state index is 12.3. The van der Waals surface area contributed by atoms with Crippen LogP contribution in [0.1, 0.15) is 16.1 Å². The van der Waals surface area contributed by atoms with E-state index in [9.17, 15) is 31.1 Å². The Morgan fingerprint density at radius 1 is 1.03 bits per heavy atom. The molecule has 8 nitrogen and oxygen atoms in total. The number of thiocarbonyl (C=S) groups is 1. The van der Waals surface area contributed by atoms with Crippen molar-refractivity contribution in [2.45, 2.75) is 18.9 Å². The van der Waals surface area contributed by atoms with E-state index in [1.54, 1.807) is 12.1 Å². The summed E-state index contributed by atoms with van der Waals surface area (Å²) in [7, 11) is 0. The molecule has 0 fully saturated rings. The van der Waals surface area contributed by atoms with Crippen LogP contribution in [0.3, 0.4) is 0 Å². The third-order valence-corrected chi connectivity index (χ3v) is 3.35. The minimum absolute atomic E-state index is 0.0408. The molecule has 2 rings (SSSR count). The molecule has 31 heavy (non-hydrogen) atoms. The number of hydrogen-bond acceptors (Lipinski definition) is 6. The quantitative estimate of drug-likeness (QED) is 0.322. The number of amides is 1. The van der Waals surface area contributed by atoms with E-state index in [-0.39, 0.29) is 11.7 Å². The van der Waals surface area contributed by atoms with Gasteiger partial charge in [-0.2, -0.15) is 31.3 Å². The van der Waals surface area contributed by atoms with Crippen molar-refractivity contribution in [3.05, 3.63) is 41.9 Å². The summed E-state index contributed by atoms with van der Waals surface area (Å²) in [6.45, 7) is -3.36. The first-order chi connectivity index (χ1) is 14.4. The number of rotatable bonds is 7. The van der Waals surface area contributed by atoms with Crippen LogP contribution < -0.4 is 25.6 Å². The second-order valence-corrected chi connectivity index (χ2v) is 6.09. The topological polar surface area (TPSA) is 97.7 Å². The van der Waals surface area contributed by atoms with Crippen LogP contribution in [0.4, 0.5) is 26.3 Å². The molecule has 0 saturated carbocycles. The molecule has 3 N–H and O–H groups in total. The molecule has 0 spiro atoms. The maximum Gasteiger partial charge on any atom is 0.422 e. The van der Waals surface area contributed by atoms with Gasteiger partial charge in [0.25, 0.3) is 5.91 Å². The van der Waals surface area contributed by atoms with Gasteiger partial charge in [0.1, 0.15) is 5.76 Å². The Morgan fingerprint density at radius 2 is 1.61 bits per heavy atom.